The minimum atomic E-state index is 0.0398. The van der Waals surface area contributed by atoms with Crippen LogP contribution in [-0.2, 0) is 24.3 Å². The molecule has 2 aromatic heterocycles. The number of rotatable bonds is 4. The SMILES string of the molecule is Cc1cnc2n1C[C@@H](c1ccccc1)N(C(=O)CCc1cccnc1)C2. The number of amides is 1. The number of hydrogen-bond acceptors (Lipinski definition) is 3. The van der Waals surface area contributed by atoms with Crippen LogP contribution in [0.3, 0.4) is 0 Å². The van der Waals surface area contributed by atoms with E-state index >= 15 is 0 Å². The summed E-state index contributed by atoms with van der Waals surface area (Å²) in [4.78, 5) is 23.6. The predicted molar refractivity (Wildman–Crippen MR) is 99.3 cm³/mol. The summed E-state index contributed by atoms with van der Waals surface area (Å²) in [6, 6.07) is 14.2. The summed E-state index contributed by atoms with van der Waals surface area (Å²) in [6.07, 6.45) is 6.66. The molecule has 1 aromatic carbocycles. The predicted octanol–water partition coefficient (Wildman–Crippen LogP) is 3.30. The van der Waals surface area contributed by atoms with Gasteiger partial charge in [0.15, 0.2) is 0 Å². The van der Waals surface area contributed by atoms with Crippen molar-refractivity contribution >= 4 is 5.91 Å². The zero-order valence-electron chi connectivity index (χ0n) is 14.9. The number of aromatic nitrogens is 3. The summed E-state index contributed by atoms with van der Waals surface area (Å²) in [5.41, 5.74) is 3.40. The van der Waals surface area contributed by atoms with Crippen molar-refractivity contribution in [1.29, 1.82) is 0 Å². The van der Waals surface area contributed by atoms with Gasteiger partial charge in [-0.1, -0.05) is 36.4 Å². The third-order valence-corrected chi connectivity index (χ3v) is 5.04. The van der Waals surface area contributed by atoms with Crippen LogP contribution in [0, 0.1) is 6.92 Å². The van der Waals surface area contributed by atoms with E-state index in [0.29, 0.717) is 19.4 Å². The van der Waals surface area contributed by atoms with Crippen LogP contribution in [0.2, 0.25) is 0 Å². The van der Waals surface area contributed by atoms with E-state index in [1.54, 1.807) is 6.20 Å². The summed E-state index contributed by atoms with van der Waals surface area (Å²) in [5, 5.41) is 0. The third kappa shape index (κ3) is 3.25. The Bertz CT molecular complexity index is 889. The number of hydrogen-bond donors (Lipinski definition) is 0. The monoisotopic (exact) mass is 346 g/mol. The van der Waals surface area contributed by atoms with Gasteiger partial charge in [0.05, 0.1) is 12.6 Å². The number of fused-ring (bicyclic) bond motifs is 1. The molecule has 0 fully saturated rings. The summed E-state index contributed by atoms with van der Waals surface area (Å²) in [7, 11) is 0. The molecule has 1 aliphatic heterocycles. The number of carbonyl (C=O) groups excluding carboxylic acids is 1. The van der Waals surface area contributed by atoms with E-state index in [2.05, 4.69) is 33.6 Å². The van der Waals surface area contributed by atoms with Crippen LogP contribution in [-0.4, -0.2) is 25.3 Å². The summed E-state index contributed by atoms with van der Waals surface area (Å²) < 4.78 is 2.22. The summed E-state index contributed by atoms with van der Waals surface area (Å²) in [6.45, 7) is 3.38. The number of pyridine rings is 1. The smallest absolute Gasteiger partial charge is 0.223 e. The second-order valence-electron chi connectivity index (χ2n) is 6.74. The number of benzene rings is 1. The molecular formula is C21H22N4O. The van der Waals surface area contributed by atoms with Crippen LogP contribution in [0.1, 0.15) is 35.1 Å². The first-order chi connectivity index (χ1) is 12.7. The van der Waals surface area contributed by atoms with Crippen molar-refractivity contribution in [2.45, 2.75) is 38.9 Å². The molecule has 5 nitrogen and oxygen atoms in total. The van der Waals surface area contributed by atoms with E-state index < -0.39 is 0 Å². The molecule has 0 unspecified atom stereocenters. The second kappa shape index (κ2) is 7.12. The molecular weight excluding hydrogens is 324 g/mol. The van der Waals surface area contributed by atoms with Crippen molar-refractivity contribution in [3.8, 4) is 0 Å². The molecule has 1 atom stereocenters. The number of imidazole rings is 1. The molecule has 4 rings (SSSR count). The maximum atomic E-state index is 13.0. The highest BCUT2D eigenvalue weighted by Crippen LogP contribution is 2.30. The Labute approximate surface area is 153 Å². The van der Waals surface area contributed by atoms with E-state index in [9.17, 15) is 4.79 Å². The lowest BCUT2D eigenvalue weighted by Gasteiger charge is -2.37. The molecule has 0 aliphatic carbocycles. The first kappa shape index (κ1) is 16.5. The average Bonchev–Trinajstić information content (AvgIpc) is 3.07. The minimum absolute atomic E-state index is 0.0398. The van der Waals surface area contributed by atoms with Crippen LogP contribution in [0.15, 0.2) is 61.1 Å². The lowest BCUT2D eigenvalue weighted by Crippen LogP contribution is -2.41. The lowest BCUT2D eigenvalue weighted by molar-refractivity contribution is -0.135. The summed E-state index contributed by atoms with van der Waals surface area (Å²) >= 11 is 0. The average molecular weight is 346 g/mol. The van der Waals surface area contributed by atoms with Gasteiger partial charge in [0, 0.05) is 37.3 Å². The van der Waals surface area contributed by atoms with Crippen LogP contribution in [0.5, 0.6) is 0 Å². The maximum Gasteiger partial charge on any atom is 0.223 e. The molecule has 3 heterocycles. The molecule has 0 saturated heterocycles. The topological polar surface area (TPSA) is 51.0 Å². The molecule has 0 saturated carbocycles. The van der Waals surface area contributed by atoms with E-state index in [1.165, 1.54) is 5.56 Å². The molecule has 1 amide bonds. The minimum Gasteiger partial charge on any atom is -0.328 e. The van der Waals surface area contributed by atoms with Gasteiger partial charge in [-0.3, -0.25) is 9.78 Å². The van der Waals surface area contributed by atoms with Crippen LogP contribution in [0.4, 0.5) is 0 Å². The third-order valence-electron chi connectivity index (χ3n) is 5.04. The fourth-order valence-corrected chi connectivity index (χ4v) is 3.58. The Balaban J connectivity index is 1.58. The van der Waals surface area contributed by atoms with E-state index in [1.807, 2.05) is 47.6 Å². The lowest BCUT2D eigenvalue weighted by atomic mass is 10.0. The maximum absolute atomic E-state index is 13.0. The first-order valence-corrected chi connectivity index (χ1v) is 8.96. The second-order valence-corrected chi connectivity index (χ2v) is 6.74. The van der Waals surface area contributed by atoms with Gasteiger partial charge in [0.25, 0.3) is 0 Å². The number of carbonyl (C=O) groups is 1. The van der Waals surface area contributed by atoms with Crippen LogP contribution < -0.4 is 0 Å². The molecule has 26 heavy (non-hydrogen) atoms. The van der Waals surface area contributed by atoms with Crippen LogP contribution >= 0.6 is 0 Å². The van der Waals surface area contributed by atoms with Crippen molar-refractivity contribution in [3.63, 3.8) is 0 Å². The molecule has 0 radical (unpaired) electrons. The van der Waals surface area contributed by atoms with Crippen molar-refractivity contribution in [2.75, 3.05) is 0 Å². The fraction of sp³-hybridized carbons (Fsp3) is 0.286. The standard InChI is InChI=1S/C21H22N4O/c1-16-12-23-20-15-25(21(26)10-9-17-6-5-11-22-13-17)19(14-24(16)20)18-7-3-2-4-8-18/h2-8,11-13,19H,9-10,14-15H2,1H3/t19-/m0/s1. The van der Waals surface area contributed by atoms with E-state index in [0.717, 1.165) is 23.6 Å². The molecule has 0 N–H and O–H groups in total. The van der Waals surface area contributed by atoms with Crippen molar-refractivity contribution in [3.05, 3.63) is 83.7 Å². The normalized spacial score (nSPS) is 16.3. The van der Waals surface area contributed by atoms with Gasteiger partial charge in [-0.25, -0.2) is 4.98 Å². The Kier molecular flexibility index (Phi) is 4.52. The van der Waals surface area contributed by atoms with E-state index in [-0.39, 0.29) is 11.9 Å². The zero-order chi connectivity index (χ0) is 17.9. The van der Waals surface area contributed by atoms with Crippen molar-refractivity contribution in [1.82, 2.24) is 19.4 Å². The van der Waals surface area contributed by atoms with E-state index in [4.69, 9.17) is 0 Å². The van der Waals surface area contributed by atoms with Gasteiger partial charge in [-0.05, 0) is 30.5 Å². The first-order valence-electron chi connectivity index (χ1n) is 8.96. The van der Waals surface area contributed by atoms with Gasteiger partial charge in [-0.15, -0.1) is 0 Å². The Morgan fingerprint density at radius 2 is 2.00 bits per heavy atom. The van der Waals surface area contributed by atoms with Gasteiger partial charge in [0.1, 0.15) is 5.82 Å². The molecule has 0 bridgehead atoms. The highest BCUT2D eigenvalue weighted by Gasteiger charge is 2.31. The van der Waals surface area contributed by atoms with Gasteiger partial charge in [-0.2, -0.15) is 0 Å². The van der Waals surface area contributed by atoms with Gasteiger partial charge < -0.3 is 9.47 Å². The zero-order valence-corrected chi connectivity index (χ0v) is 14.9. The number of aryl methyl sites for hydroxylation is 2. The van der Waals surface area contributed by atoms with Gasteiger partial charge >= 0.3 is 0 Å². The number of nitrogens with zero attached hydrogens (tertiary/aromatic N) is 4. The molecule has 1 aliphatic rings. The Hall–Kier alpha value is -2.95. The fourth-order valence-electron chi connectivity index (χ4n) is 3.58. The highest BCUT2D eigenvalue weighted by molar-refractivity contribution is 5.77. The Morgan fingerprint density at radius 1 is 1.15 bits per heavy atom. The largest absolute Gasteiger partial charge is 0.328 e. The summed E-state index contributed by atoms with van der Waals surface area (Å²) in [5.74, 6) is 1.12. The Morgan fingerprint density at radius 3 is 2.77 bits per heavy atom. The molecule has 132 valence electrons. The van der Waals surface area contributed by atoms with Crippen LogP contribution in [0.25, 0.3) is 0 Å². The van der Waals surface area contributed by atoms with Crippen molar-refractivity contribution < 1.29 is 4.79 Å². The quantitative estimate of drug-likeness (QED) is 0.728. The molecule has 3 aromatic rings. The highest BCUT2D eigenvalue weighted by atomic mass is 16.2. The van der Waals surface area contributed by atoms with Crippen molar-refractivity contribution in [2.24, 2.45) is 0 Å². The molecule has 0 spiro atoms. The molecule has 5 heteroatoms. The van der Waals surface area contributed by atoms with Gasteiger partial charge in [0.2, 0.25) is 5.91 Å².